The second-order valence-corrected chi connectivity index (χ2v) is 10.6. The lowest BCUT2D eigenvalue weighted by atomic mass is 9.49. The fraction of sp³-hybridized carbons (Fsp3) is 0.667. The van der Waals surface area contributed by atoms with E-state index < -0.39 is 0 Å². The van der Waals surface area contributed by atoms with E-state index in [1.54, 1.807) is 0 Å². The Labute approximate surface area is 186 Å². The summed E-state index contributed by atoms with van der Waals surface area (Å²) in [6, 6.07) is 10.7. The zero-order valence-electron chi connectivity index (χ0n) is 19.2. The zero-order valence-corrected chi connectivity index (χ0v) is 19.2. The van der Waals surface area contributed by atoms with Crippen LogP contribution in [-0.2, 0) is 9.53 Å². The molecular formula is C27H38O4. The maximum absolute atomic E-state index is 11.5. The molecule has 2 saturated carbocycles. The summed E-state index contributed by atoms with van der Waals surface area (Å²) in [7, 11) is 0. The topological polar surface area (TPSA) is 66.8 Å². The summed E-state index contributed by atoms with van der Waals surface area (Å²) in [6.45, 7) is 6.48. The predicted molar refractivity (Wildman–Crippen MR) is 122 cm³/mol. The summed E-state index contributed by atoms with van der Waals surface area (Å²) in [6.07, 6.45) is 8.00. The van der Waals surface area contributed by atoms with Crippen LogP contribution in [-0.4, -0.2) is 35.5 Å². The van der Waals surface area contributed by atoms with Crippen molar-refractivity contribution >= 4 is 11.5 Å². The second-order valence-electron chi connectivity index (χ2n) is 10.6. The Hall–Kier alpha value is -1.65. The van der Waals surface area contributed by atoms with Crippen LogP contribution in [0.4, 0.5) is 0 Å². The van der Waals surface area contributed by atoms with E-state index >= 15 is 0 Å². The molecule has 3 unspecified atom stereocenters. The molecule has 4 rings (SSSR count). The lowest BCUT2D eigenvalue weighted by Crippen LogP contribution is -2.52. The van der Waals surface area contributed by atoms with E-state index in [1.807, 2.05) is 0 Å². The highest BCUT2D eigenvalue weighted by Crippen LogP contribution is 2.63. The van der Waals surface area contributed by atoms with Crippen molar-refractivity contribution < 1.29 is 19.7 Å². The lowest BCUT2D eigenvalue weighted by molar-refractivity contribution is -0.156. The van der Waals surface area contributed by atoms with E-state index in [9.17, 15) is 15.0 Å². The van der Waals surface area contributed by atoms with Gasteiger partial charge in [0.15, 0.2) is 0 Å². The third-order valence-electron chi connectivity index (χ3n) is 9.20. The molecular weight excluding hydrogens is 388 g/mol. The summed E-state index contributed by atoms with van der Waals surface area (Å²) in [5.41, 5.74) is 2.79. The van der Waals surface area contributed by atoms with Gasteiger partial charge < -0.3 is 14.9 Å². The van der Waals surface area contributed by atoms with Gasteiger partial charge in [-0.25, -0.2) is 0 Å². The van der Waals surface area contributed by atoms with Gasteiger partial charge in [-0.15, -0.1) is 0 Å². The van der Waals surface area contributed by atoms with Gasteiger partial charge in [0.1, 0.15) is 6.10 Å². The van der Waals surface area contributed by atoms with Crippen LogP contribution in [0.15, 0.2) is 36.4 Å². The number of carbonyl (C=O) groups is 1. The van der Waals surface area contributed by atoms with Crippen molar-refractivity contribution in [2.45, 2.75) is 65.4 Å². The van der Waals surface area contributed by atoms with Gasteiger partial charge in [-0.2, -0.15) is 0 Å². The quantitative estimate of drug-likeness (QED) is 0.661. The minimum atomic E-state index is -0.238. The molecule has 0 amide bonds. The normalized spacial score (nSPS) is 40.2. The fourth-order valence-corrected chi connectivity index (χ4v) is 7.49. The van der Waals surface area contributed by atoms with Crippen molar-refractivity contribution in [2.75, 3.05) is 13.2 Å². The van der Waals surface area contributed by atoms with Crippen LogP contribution >= 0.6 is 0 Å². The van der Waals surface area contributed by atoms with Gasteiger partial charge in [0.2, 0.25) is 0 Å². The maximum atomic E-state index is 11.5. The van der Waals surface area contributed by atoms with Gasteiger partial charge in [-0.1, -0.05) is 50.3 Å². The molecule has 2 N–H and O–H groups in total. The number of carbonyl (C=O) groups excluding carboxylic acids is 1. The van der Waals surface area contributed by atoms with Gasteiger partial charge in [0.05, 0.1) is 0 Å². The second kappa shape index (κ2) is 8.71. The average Bonchev–Trinajstić information content (AvgIpc) is 3.11. The highest BCUT2D eigenvalue weighted by molar-refractivity contribution is 5.72. The van der Waals surface area contributed by atoms with E-state index in [0.29, 0.717) is 11.8 Å². The Morgan fingerprint density at radius 2 is 1.81 bits per heavy atom. The first-order valence-corrected chi connectivity index (χ1v) is 12.0. The van der Waals surface area contributed by atoms with Gasteiger partial charge in [-0.3, -0.25) is 4.79 Å². The largest absolute Gasteiger partial charge is 0.463 e. The summed E-state index contributed by atoms with van der Waals surface area (Å²) in [4.78, 5) is 11.5. The number of benzene rings is 1. The number of hydrogen-bond donors (Lipinski definition) is 2. The van der Waals surface area contributed by atoms with Crippen molar-refractivity contribution in [1.82, 2.24) is 0 Å². The van der Waals surface area contributed by atoms with Crippen molar-refractivity contribution in [3.63, 3.8) is 0 Å². The third-order valence-corrected chi connectivity index (χ3v) is 9.20. The number of hydrogen-bond acceptors (Lipinski definition) is 4. The molecule has 2 fully saturated rings. The van der Waals surface area contributed by atoms with Crippen molar-refractivity contribution in [2.24, 2.45) is 34.5 Å². The summed E-state index contributed by atoms with van der Waals surface area (Å²) in [5.74, 6) is 0.873. The summed E-state index contributed by atoms with van der Waals surface area (Å²) < 4.78 is 5.50. The molecule has 0 bridgehead atoms. The summed E-state index contributed by atoms with van der Waals surface area (Å²) in [5, 5.41) is 20.9. The number of rotatable bonds is 5. The van der Waals surface area contributed by atoms with Gasteiger partial charge >= 0.3 is 5.97 Å². The number of fused-ring (bicyclic) bond motifs is 1. The minimum absolute atomic E-state index is 0.0460. The van der Waals surface area contributed by atoms with Gasteiger partial charge in [0, 0.05) is 20.1 Å². The molecule has 0 heterocycles. The molecule has 3 aliphatic carbocycles. The number of esters is 1. The van der Waals surface area contributed by atoms with E-state index in [1.165, 1.54) is 18.1 Å². The summed E-state index contributed by atoms with van der Waals surface area (Å²) >= 11 is 0. The van der Waals surface area contributed by atoms with Crippen LogP contribution in [0.1, 0.15) is 64.9 Å². The first kappa shape index (κ1) is 22.5. The van der Waals surface area contributed by atoms with Crippen molar-refractivity contribution in [1.29, 1.82) is 0 Å². The average molecular weight is 427 g/mol. The first-order valence-electron chi connectivity index (χ1n) is 12.0. The molecule has 3 aliphatic rings. The molecule has 4 heteroatoms. The third kappa shape index (κ3) is 3.87. The maximum Gasteiger partial charge on any atom is 0.302 e. The molecule has 0 aromatic heterocycles. The Kier molecular flexibility index (Phi) is 6.33. The monoisotopic (exact) mass is 426 g/mol. The molecule has 7 atom stereocenters. The Balaban J connectivity index is 1.57. The van der Waals surface area contributed by atoms with E-state index in [2.05, 4.69) is 50.3 Å². The van der Waals surface area contributed by atoms with E-state index in [-0.39, 0.29) is 48.0 Å². The molecule has 31 heavy (non-hydrogen) atoms. The van der Waals surface area contributed by atoms with Gasteiger partial charge in [0.25, 0.3) is 0 Å². The number of ether oxygens (including phenoxy) is 1. The van der Waals surface area contributed by atoms with Crippen molar-refractivity contribution in [3.8, 4) is 0 Å². The molecule has 1 aromatic rings. The highest BCUT2D eigenvalue weighted by atomic mass is 16.5. The highest BCUT2D eigenvalue weighted by Gasteiger charge is 2.56. The van der Waals surface area contributed by atoms with E-state index in [4.69, 9.17) is 4.74 Å². The van der Waals surface area contributed by atoms with Crippen LogP contribution in [0.3, 0.4) is 0 Å². The molecule has 0 saturated heterocycles. The molecule has 4 nitrogen and oxygen atoms in total. The van der Waals surface area contributed by atoms with Crippen LogP contribution in [0.2, 0.25) is 0 Å². The minimum Gasteiger partial charge on any atom is -0.463 e. The van der Waals surface area contributed by atoms with Crippen LogP contribution in [0, 0.1) is 34.5 Å². The van der Waals surface area contributed by atoms with Crippen LogP contribution < -0.4 is 0 Å². The Morgan fingerprint density at radius 3 is 2.45 bits per heavy atom. The number of aliphatic hydroxyl groups is 2. The smallest absolute Gasteiger partial charge is 0.302 e. The lowest BCUT2D eigenvalue weighted by Gasteiger charge is -2.56. The fourth-order valence-electron chi connectivity index (χ4n) is 7.49. The SMILES string of the molecule is CC(=O)OC1CCC(C)([C@H]2CC[C@]3(C)C(c4ccccc4)=CC[C@H]3[C@@H]2CO)C(CO)C1. The number of allylic oxidation sites excluding steroid dienone is 2. The predicted octanol–water partition coefficient (Wildman–Crippen LogP) is 4.85. The molecule has 170 valence electrons. The van der Waals surface area contributed by atoms with Gasteiger partial charge in [-0.05, 0) is 84.2 Å². The molecule has 0 radical (unpaired) electrons. The van der Waals surface area contributed by atoms with Crippen molar-refractivity contribution in [3.05, 3.63) is 42.0 Å². The Bertz CT molecular complexity index is 818. The first-order chi connectivity index (χ1) is 14.8. The van der Waals surface area contributed by atoms with Crippen LogP contribution in [0.25, 0.3) is 5.57 Å². The van der Waals surface area contributed by atoms with Crippen LogP contribution in [0.5, 0.6) is 0 Å². The Morgan fingerprint density at radius 1 is 1.06 bits per heavy atom. The standard InChI is InChI=1S/C27H38O4/c1-18(30)31-21-11-13-26(2,20(15-21)16-28)25-12-14-27(3)23(19-7-5-4-6-8-19)9-10-24(27)22(25)17-29/h4-9,20-22,24-25,28-29H,10-17H2,1-3H3/t20?,21?,22-,24-,25-,26?,27+/m0/s1. The molecule has 1 aromatic carbocycles. The van der Waals surface area contributed by atoms with E-state index in [0.717, 1.165) is 38.5 Å². The molecule has 0 spiro atoms. The zero-order chi connectivity index (χ0) is 22.2. The molecule has 0 aliphatic heterocycles. The number of aliphatic hydroxyl groups excluding tert-OH is 2.